The lowest BCUT2D eigenvalue weighted by molar-refractivity contribution is -0.534. The summed E-state index contributed by atoms with van der Waals surface area (Å²) in [4.78, 5) is 27.1. The van der Waals surface area contributed by atoms with Crippen LogP contribution in [0.1, 0.15) is 24.0 Å². The van der Waals surface area contributed by atoms with Crippen LogP contribution < -0.4 is 14.8 Å². The molecule has 9 heteroatoms. The molecule has 2 aromatic rings. The molecule has 3 atom stereocenters. The molecule has 1 amide bonds. The summed E-state index contributed by atoms with van der Waals surface area (Å²) in [6.45, 7) is 6.37. The normalized spacial score (nSPS) is 24.3. The van der Waals surface area contributed by atoms with Crippen molar-refractivity contribution in [2.45, 2.75) is 24.4 Å². The fourth-order valence-electron chi connectivity index (χ4n) is 4.93. The van der Waals surface area contributed by atoms with Gasteiger partial charge in [-0.3, -0.25) is 19.8 Å². The third-order valence-corrected chi connectivity index (χ3v) is 6.43. The van der Waals surface area contributed by atoms with Gasteiger partial charge in [-0.25, -0.2) is 0 Å². The van der Waals surface area contributed by atoms with Crippen molar-refractivity contribution >= 4 is 23.2 Å². The van der Waals surface area contributed by atoms with Gasteiger partial charge in [0.1, 0.15) is 6.61 Å². The summed E-state index contributed by atoms with van der Waals surface area (Å²) < 4.78 is 11.4. The van der Waals surface area contributed by atoms with Crippen molar-refractivity contribution in [3.63, 3.8) is 0 Å². The first-order valence-corrected chi connectivity index (χ1v) is 10.7. The van der Waals surface area contributed by atoms with Crippen LogP contribution in [0.2, 0.25) is 5.02 Å². The molecule has 0 aliphatic carbocycles. The lowest BCUT2D eigenvalue weighted by atomic mass is 9.79. The van der Waals surface area contributed by atoms with Crippen LogP contribution in [0, 0.1) is 10.1 Å². The van der Waals surface area contributed by atoms with E-state index < -0.39 is 23.4 Å². The monoisotopic (exact) mass is 457 g/mol. The molecule has 0 radical (unpaired) electrons. The molecule has 2 aromatic carbocycles. The molecule has 0 aromatic heterocycles. The number of nitro groups is 1. The molecule has 1 saturated heterocycles. The second-order valence-corrected chi connectivity index (χ2v) is 8.25. The van der Waals surface area contributed by atoms with Crippen molar-refractivity contribution in [2.75, 3.05) is 32.1 Å². The van der Waals surface area contributed by atoms with E-state index in [0.29, 0.717) is 41.5 Å². The van der Waals surface area contributed by atoms with Crippen LogP contribution in [-0.2, 0) is 10.3 Å². The second kappa shape index (κ2) is 8.44. The number of halogens is 1. The highest BCUT2D eigenvalue weighted by molar-refractivity contribution is 6.32. The van der Waals surface area contributed by atoms with Gasteiger partial charge < -0.3 is 14.8 Å². The summed E-state index contributed by atoms with van der Waals surface area (Å²) in [5.74, 6) is -0.233. The number of hydrogen-bond donors (Lipinski definition) is 1. The van der Waals surface area contributed by atoms with Crippen LogP contribution in [0.5, 0.6) is 11.5 Å². The maximum atomic E-state index is 13.2. The Morgan fingerprint density at radius 3 is 2.81 bits per heavy atom. The molecule has 4 rings (SSSR count). The Morgan fingerprint density at radius 2 is 2.12 bits per heavy atom. The molecule has 1 N–H and O–H groups in total. The number of anilines is 1. The highest BCUT2D eigenvalue weighted by Gasteiger charge is 2.68. The number of carbonyl (C=O) groups excluding carboxylic acids is 1. The van der Waals surface area contributed by atoms with Gasteiger partial charge in [0, 0.05) is 22.7 Å². The van der Waals surface area contributed by atoms with Crippen LogP contribution in [0.15, 0.2) is 49.1 Å². The van der Waals surface area contributed by atoms with Crippen LogP contribution >= 0.6 is 11.6 Å². The van der Waals surface area contributed by atoms with E-state index in [-0.39, 0.29) is 16.6 Å². The van der Waals surface area contributed by atoms with E-state index in [1.54, 1.807) is 54.4 Å². The minimum absolute atomic E-state index is 0.239. The van der Waals surface area contributed by atoms with Gasteiger partial charge in [0.2, 0.25) is 0 Å². The van der Waals surface area contributed by atoms with E-state index >= 15 is 0 Å². The minimum Gasteiger partial charge on any atom is -0.490 e. The number of likely N-dealkylation sites (N-methyl/N-ethyl adjacent to an activating group) is 1. The smallest absolute Gasteiger partial charge is 0.256 e. The van der Waals surface area contributed by atoms with Crippen LogP contribution in [0.25, 0.3) is 0 Å². The summed E-state index contributed by atoms with van der Waals surface area (Å²) in [5, 5.41) is 15.6. The lowest BCUT2D eigenvalue weighted by Crippen LogP contribution is -2.54. The molecule has 1 fully saturated rings. The fraction of sp³-hybridized carbons (Fsp3) is 0.348. The van der Waals surface area contributed by atoms with Gasteiger partial charge in [-0.15, -0.1) is 0 Å². The molecule has 0 bridgehead atoms. The average molecular weight is 458 g/mol. The second-order valence-electron chi connectivity index (χ2n) is 7.85. The van der Waals surface area contributed by atoms with Gasteiger partial charge in [-0.05, 0) is 37.7 Å². The molecule has 2 aliphatic heterocycles. The molecule has 2 aliphatic rings. The first-order valence-electron chi connectivity index (χ1n) is 10.3. The largest absolute Gasteiger partial charge is 0.490 e. The van der Waals surface area contributed by atoms with Gasteiger partial charge in [-0.2, -0.15) is 0 Å². The third-order valence-electron chi connectivity index (χ3n) is 6.15. The van der Waals surface area contributed by atoms with Crippen molar-refractivity contribution in [1.82, 2.24) is 4.90 Å². The van der Waals surface area contributed by atoms with Crippen molar-refractivity contribution < 1.29 is 19.2 Å². The van der Waals surface area contributed by atoms with E-state index in [2.05, 4.69) is 11.9 Å². The number of nitrogens with one attached hydrogen (secondary N) is 1. The topological polar surface area (TPSA) is 93.9 Å². The SMILES string of the molecule is C=CCOc1c(Cl)cc([C@@H]2CN(C)[C@@]3(C(=O)Nc4ccccc43)[C@H]2[N+](=O)[O-])cc1OCC. The Balaban J connectivity index is 1.84. The number of nitrogens with zero attached hydrogens (tertiary/aromatic N) is 2. The predicted molar refractivity (Wildman–Crippen MR) is 121 cm³/mol. The zero-order valence-corrected chi connectivity index (χ0v) is 18.6. The van der Waals surface area contributed by atoms with E-state index in [4.69, 9.17) is 21.1 Å². The maximum absolute atomic E-state index is 13.2. The number of rotatable bonds is 7. The van der Waals surface area contributed by atoms with Crippen molar-refractivity contribution in [2.24, 2.45) is 0 Å². The van der Waals surface area contributed by atoms with E-state index in [9.17, 15) is 14.9 Å². The summed E-state index contributed by atoms with van der Waals surface area (Å²) in [5.41, 5.74) is 0.407. The molecule has 168 valence electrons. The molecule has 32 heavy (non-hydrogen) atoms. The first-order chi connectivity index (χ1) is 15.4. The Morgan fingerprint density at radius 1 is 1.38 bits per heavy atom. The van der Waals surface area contributed by atoms with Gasteiger partial charge in [0.25, 0.3) is 11.9 Å². The fourth-order valence-corrected chi connectivity index (χ4v) is 5.20. The first kappa shape index (κ1) is 22.1. The molecule has 1 spiro atoms. The highest BCUT2D eigenvalue weighted by Crippen LogP contribution is 2.53. The van der Waals surface area contributed by atoms with E-state index in [1.165, 1.54) is 0 Å². The van der Waals surface area contributed by atoms with Crippen molar-refractivity contribution in [3.8, 4) is 11.5 Å². The van der Waals surface area contributed by atoms with Crippen LogP contribution in [0.3, 0.4) is 0 Å². The summed E-state index contributed by atoms with van der Waals surface area (Å²) in [6, 6.07) is 9.28. The number of amides is 1. The van der Waals surface area contributed by atoms with Gasteiger partial charge in [0.15, 0.2) is 17.0 Å². The highest BCUT2D eigenvalue weighted by atomic mass is 35.5. The molecule has 0 saturated carbocycles. The van der Waals surface area contributed by atoms with E-state index in [0.717, 1.165) is 0 Å². The number of benzene rings is 2. The molecule has 2 heterocycles. The van der Waals surface area contributed by atoms with Crippen molar-refractivity contribution in [3.05, 3.63) is 75.3 Å². The van der Waals surface area contributed by atoms with Crippen molar-refractivity contribution in [1.29, 1.82) is 0 Å². The number of para-hydroxylation sites is 1. The number of likely N-dealkylation sites (tertiary alicyclic amines) is 1. The van der Waals surface area contributed by atoms with Crippen LogP contribution in [-0.4, -0.2) is 48.6 Å². The molecule has 8 nitrogen and oxygen atoms in total. The number of hydrogen-bond acceptors (Lipinski definition) is 6. The zero-order chi connectivity index (χ0) is 23.0. The summed E-state index contributed by atoms with van der Waals surface area (Å²) in [7, 11) is 1.74. The summed E-state index contributed by atoms with van der Waals surface area (Å²) in [6.07, 6.45) is 1.59. The summed E-state index contributed by atoms with van der Waals surface area (Å²) >= 11 is 6.51. The molecular formula is C23H24ClN3O5. The predicted octanol–water partition coefficient (Wildman–Crippen LogP) is 3.83. The number of carbonyl (C=O) groups is 1. The Hall–Kier alpha value is -3.10. The van der Waals surface area contributed by atoms with E-state index in [1.807, 2.05) is 6.92 Å². The molecular weight excluding hydrogens is 434 g/mol. The quantitative estimate of drug-likeness (QED) is 0.386. The van der Waals surface area contributed by atoms with Crippen LogP contribution in [0.4, 0.5) is 5.69 Å². The maximum Gasteiger partial charge on any atom is 0.256 e. The average Bonchev–Trinajstić information content (AvgIpc) is 3.23. The van der Waals surface area contributed by atoms with Gasteiger partial charge in [-0.1, -0.05) is 42.5 Å². The minimum atomic E-state index is -1.42. The van der Waals surface area contributed by atoms with Gasteiger partial charge in [0.05, 0.1) is 17.5 Å². The Kier molecular flexibility index (Phi) is 5.83. The molecule has 0 unspecified atom stereocenters. The Labute approximate surface area is 190 Å². The lowest BCUT2D eigenvalue weighted by Gasteiger charge is -2.30. The van der Waals surface area contributed by atoms with Gasteiger partial charge >= 0.3 is 0 Å². The zero-order valence-electron chi connectivity index (χ0n) is 17.8. The Bertz CT molecular complexity index is 1090. The third kappa shape index (κ3) is 3.22. The number of ether oxygens (including phenoxy) is 2. The number of fused-ring (bicyclic) bond motifs is 2. The standard InChI is InChI=1S/C23H24ClN3O5/c1-4-10-32-20-17(24)11-14(12-19(20)31-5-2)15-13-26(3)23(21(15)27(29)30)16-8-6-7-9-18(16)25-22(23)28/h4,6-9,11-12,15,21H,1,5,10,13H2,2-3H3,(H,25,28)/t15-,21-,23+/m0/s1.